The molecule has 3 N–H and O–H groups in total. The fourth-order valence-electron chi connectivity index (χ4n) is 4.30. The Bertz CT molecular complexity index is 1760. The molecule has 0 aliphatic rings. The van der Waals surface area contributed by atoms with Crippen LogP contribution in [0.5, 0.6) is 0 Å². The number of aliphatic hydroxyl groups is 1. The Morgan fingerprint density at radius 3 is 2.50 bits per heavy atom. The van der Waals surface area contributed by atoms with Crippen LogP contribution in [0.15, 0.2) is 56.8 Å². The Hall–Kier alpha value is -3.78. The van der Waals surface area contributed by atoms with E-state index >= 15 is 0 Å². The smallest absolute Gasteiger partial charge is 0.336 e. The zero-order valence-electron chi connectivity index (χ0n) is 20.8. The molecule has 0 saturated heterocycles. The molecular weight excluding hydrogens is 608 g/mol. The Labute approximate surface area is 229 Å². The number of fused-ring (bicyclic) bond motifs is 1. The van der Waals surface area contributed by atoms with E-state index in [1.165, 1.54) is 42.2 Å². The number of aryl methyl sites for hydroxylation is 1. The van der Waals surface area contributed by atoms with Crippen LogP contribution in [0.25, 0.3) is 16.6 Å². The number of carbonyl (C=O) groups is 1. The maximum atomic E-state index is 14.8. The second-order valence-electron chi connectivity index (χ2n) is 8.69. The zero-order valence-corrected chi connectivity index (χ0v) is 23.0. The van der Waals surface area contributed by atoms with E-state index in [1.54, 1.807) is 30.3 Å². The molecule has 4 aromatic rings. The van der Waals surface area contributed by atoms with E-state index < -0.39 is 22.6 Å². The molecule has 38 heavy (non-hydrogen) atoms. The van der Waals surface area contributed by atoms with Gasteiger partial charge in [-0.05, 0) is 72.3 Å². The van der Waals surface area contributed by atoms with Gasteiger partial charge in [0.25, 0.3) is 11.1 Å². The maximum Gasteiger partial charge on any atom is 0.336 e. The molecule has 2 aromatic carbocycles. The van der Waals surface area contributed by atoms with Crippen LogP contribution in [0.3, 0.4) is 0 Å². The van der Waals surface area contributed by atoms with Crippen molar-refractivity contribution in [1.29, 1.82) is 0 Å². The van der Waals surface area contributed by atoms with E-state index in [1.807, 2.05) is 22.6 Å². The van der Waals surface area contributed by atoms with Crippen LogP contribution < -0.4 is 27.4 Å². The third-order valence-electron chi connectivity index (χ3n) is 6.04. The number of hydrogen-bond donors (Lipinski definition) is 3. The van der Waals surface area contributed by atoms with E-state index in [9.17, 15) is 28.7 Å². The molecule has 0 aliphatic heterocycles. The number of anilines is 3. The number of pyridine rings is 1. The van der Waals surface area contributed by atoms with Crippen molar-refractivity contribution < 1.29 is 14.3 Å². The van der Waals surface area contributed by atoms with Gasteiger partial charge in [-0.1, -0.05) is 6.07 Å². The minimum atomic E-state index is -0.723. The van der Waals surface area contributed by atoms with Crippen LogP contribution >= 0.6 is 22.6 Å². The van der Waals surface area contributed by atoms with E-state index in [4.69, 9.17) is 0 Å². The number of hydrogen-bond acceptors (Lipinski definition) is 6. The van der Waals surface area contributed by atoms with Crippen LogP contribution in [0.2, 0.25) is 0 Å². The summed E-state index contributed by atoms with van der Waals surface area (Å²) in [4.78, 5) is 52.4. The van der Waals surface area contributed by atoms with Crippen molar-refractivity contribution in [1.82, 2.24) is 13.7 Å². The zero-order chi connectivity index (χ0) is 27.7. The van der Waals surface area contributed by atoms with Gasteiger partial charge in [0, 0.05) is 41.9 Å². The lowest BCUT2D eigenvalue weighted by atomic mass is 10.1. The average molecular weight is 633 g/mol. The summed E-state index contributed by atoms with van der Waals surface area (Å²) in [5.41, 5.74) is -0.989. The molecule has 198 valence electrons. The van der Waals surface area contributed by atoms with Crippen molar-refractivity contribution in [3.05, 3.63) is 88.6 Å². The van der Waals surface area contributed by atoms with Gasteiger partial charge in [0.2, 0.25) is 5.91 Å². The largest absolute Gasteiger partial charge is 0.396 e. The quantitative estimate of drug-likeness (QED) is 0.269. The highest BCUT2D eigenvalue weighted by molar-refractivity contribution is 14.1. The molecule has 0 fully saturated rings. The summed E-state index contributed by atoms with van der Waals surface area (Å²) >= 11 is 1.97. The Balaban J connectivity index is 2.16. The van der Waals surface area contributed by atoms with E-state index in [-0.39, 0.29) is 53.5 Å². The van der Waals surface area contributed by atoms with Gasteiger partial charge < -0.3 is 15.7 Å². The summed E-state index contributed by atoms with van der Waals surface area (Å²) in [5.74, 6) is -0.899. The van der Waals surface area contributed by atoms with Crippen molar-refractivity contribution in [3.63, 3.8) is 0 Å². The average Bonchev–Trinajstić information content (AvgIpc) is 2.86. The molecule has 0 radical (unpaired) electrons. The number of rotatable bonds is 7. The Morgan fingerprint density at radius 2 is 1.84 bits per heavy atom. The topological polar surface area (TPSA) is 127 Å². The number of carbonyl (C=O) groups excluding carboxylic acids is 1. The van der Waals surface area contributed by atoms with E-state index in [0.717, 1.165) is 4.57 Å². The summed E-state index contributed by atoms with van der Waals surface area (Å²) in [7, 11) is 1.45. The van der Waals surface area contributed by atoms with Gasteiger partial charge in [0.15, 0.2) is 0 Å². The number of halogens is 2. The van der Waals surface area contributed by atoms with Gasteiger partial charge >= 0.3 is 5.69 Å². The molecule has 0 bridgehead atoms. The molecule has 1 amide bonds. The predicted molar refractivity (Wildman–Crippen MR) is 152 cm³/mol. The molecular formula is C26H25FIN5O5. The SMILES string of the molecule is CC(=O)Nc1cccc(-n2c(=O)n(CCCO)c(=O)c3c(Nc4ccc(I)cc4F)n(C)c(=O)c(C)c32)c1. The first-order chi connectivity index (χ1) is 18.0. The molecule has 0 spiro atoms. The fraction of sp³-hybridized carbons (Fsp3) is 0.231. The summed E-state index contributed by atoms with van der Waals surface area (Å²) in [6, 6.07) is 10.9. The third kappa shape index (κ3) is 5.00. The molecule has 4 rings (SSSR count). The van der Waals surface area contributed by atoms with Gasteiger partial charge in [-0.25, -0.2) is 9.18 Å². The predicted octanol–water partition coefficient (Wildman–Crippen LogP) is 2.99. The lowest BCUT2D eigenvalue weighted by Gasteiger charge is -2.21. The number of aromatic nitrogens is 3. The summed E-state index contributed by atoms with van der Waals surface area (Å²) in [6.45, 7) is 2.51. The van der Waals surface area contributed by atoms with E-state index in [2.05, 4.69) is 10.6 Å². The molecule has 0 aliphatic carbocycles. The van der Waals surface area contributed by atoms with Gasteiger partial charge in [0.1, 0.15) is 17.0 Å². The van der Waals surface area contributed by atoms with Gasteiger partial charge in [-0.15, -0.1) is 0 Å². The van der Waals surface area contributed by atoms with Crippen LogP contribution in [-0.2, 0) is 18.4 Å². The van der Waals surface area contributed by atoms with Crippen molar-refractivity contribution in [2.24, 2.45) is 7.05 Å². The molecule has 0 unspecified atom stereocenters. The maximum absolute atomic E-state index is 14.8. The fourth-order valence-corrected chi connectivity index (χ4v) is 4.75. The number of nitrogens with one attached hydrogen (secondary N) is 2. The highest BCUT2D eigenvalue weighted by Gasteiger charge is 2.24. The number of amides is 1. The van der Waals surface area contributed by atoms with Gasteiger partial charge in [0.05, 0.1) is 16.9 Å². The molecule has 12 heteroatoms. The van der Waals surface area contributed by atoms with Crippen molar-refractivity contribution >= 4 is 56.6 Å². The second kappa shape index (κ2) is 10.9. The molecule has 2 heterocycles. The Kier molecular flexibility index (Phi) is 7.83. The van der Waals surface area contributed by atoms with Crippen LogP contribution in [0.1, 0.15) is 18.9 Å². The summed E-state index contributed by atoms with van der Waals surface area (Å²) in [5, 5.41) is 14.9. The van der Waals surface area contributed by atoms with Crippen LogP contribution in [-0.4, -0.2) is 31.3 Å². The van der Waals surface area contributed by atoms with Crippen LogP contribution in [0, 0.1) is 16.3 Å². The third-order valence-corrected chi connectivity index (χ3v) is 6.71. The number of aliphatic hydroxyl groups excluding tert-OH is 1. The highest BCUT2D eigenvalue weighted by atomic mass is 127. The lowest BCUT2D eigenvalue weighted by molar-refractivity contribution is -0.114. The molecule has 0 atom stereocenters. The van der Waals surface area contributed by atoms with Crippen molar-refractivity contribution in [2.45, 2.75) is 26.8 Å². The minimum absolute atomic E-state index is 0.00484. The van der Waals surface area contributed by atoms with Gasteiger partial charge in [-0.3, -0.25) is 28.1 Å². The summed E-state index contributed by atoms with van der Waals surface area (Å²) in [6.07, 6.45) is 0.131. The Morgan fingerprint density at radius 1 is 1.11 bits per heavy atom. The van der Waals surface area contributed by atoms with Crippen LogP contribution in [0.4, 0.5) is 21.6 Å². The standard InChI is InChI=1S/C26H25FIN5O5/c1-14-22-21(23(31(3)24(14)36)30-20-9-8-16(28)12-19(20)27)25(37)32(10-5-11-34)26(38)33(22)18-7-4-6-17(13-18)29-15(2)35/h4,6-9,12-13,30,34H,5,10-11H2,1-3H3,(H,29,35). The normalized spacial score (nSPS) is 11.1. The van der Waals surface area contributed by atoms with Gasteiger partial charge in [-0.2, -0.15) is 0 Å². The van der Waals surface area contributed by atoms with Crippen molar-refractivity contribution in [2.75, 3.05) is 17.2 Å². The second-order valence-corrected chi connectivity index (χ2v) is 9.94. The molecule has 0 saturated carbocycles. The molecule has 10 nitrogen and oxygen atoms in total. The van der Waals surface area contributed by atoms with Crippen molar-refractivity contribution in [3.8, 4) is 5.69 Å². The highest BCUT2D eigenvalue weighted by Crippen LogP contribution is 2.28. The number of benzene rings is 2. The summed E-state index contributed by atoms with van der Waals surface area (Å²) < 4.78 is 18.9. The van der Waals surface area contributed by atoms with E-state index in [0.29, 0.717) is 14.9 Å². The number of nitrogens with zero attached hydrogens (tertiary/aromatic N) is 3. The lowest BCUT2D eigenvalue weighted by Crippen LogP contribution is -2.41. The first-order valence-electron chi connectivity index (χ1n) is 11.6. The monoisotopic (exact) mass is 633 g/mol. The molecule has 2 aromatic heterocycles. The minimum Gasteiger partial charge on any atom is -0.396 e. The first-order valence-corrected chi connectivity index (χ1v) is 12.7. The first kappa shape index (κ1) is 27.3.